The molecule has 1 aromatic carbocycles. The highest BCUT2D eigenvalue weighted by molar-refractivity contribution is 5.21. The molecule has 0 bridgehead atoms. The summed E-state index contributed by atoms with van der Waals surface area (Å²) < 4.78 is 5.85. The van der Waals surface area contributed by atoms with Gasteiger partial charge in [-0.1, -0.05) is 44.4 Å². The molecule has 0 aromatic heterocycles. The average Bonchev–Trinajstić information content (AvgIpc) is 2.29. The minimum atomic E-state index is 0.411. The predicted octanol–water partition coefficient (Wildman–Crippen LogP) is 4.04. The highest BCUT2D eigenvalue weighted by Crippen LogP contribution is 2.36. The standard InChI is InChI=1S/C14H20O/c1-14(10-6-3-7-11-14)12-15-13-8-4-2-5-9-13/h2,4-5,8-9H,3,6-7,10-12H2,1H3. The van der Waals surface area contributed by atoms with Crippen LogP contribution in [0.1, 0.15) is 39.0 Å². The van der Waals surface area contributed by atoms with Gasteiger partial charge in [0.2, 0.25) is 0 Å². The highest BCUT2D eigenvalue weighted by atomic mass is 16.5. The first kappa shape index (κ1) is 10.5. The monoisotopic (exact) mass is 204 g/mol. The molecular weight excluding hydrogens is 184 g/mol. The van der Waals surface area contributed by atoms with Crippen LogP contribution < -0.4 is 4.74 Å². The van der Waals surface area contributed by atoms with E-state index in [4.69, 9.17) is 4.74 Å². The van der Waals surface area contributed by atoms with Crippen molar-refractivity contribution in [2.75, 3.05) is 6.61 Å². The van der Waals surface area contributed by atoms with Gasteiger partial charge in [-0.25, -0.2) is 0 Å². The number of hydrogen-bond acceptors (Lipinski definition) is 1. The molecule has 1 aliphatic rings. The zero-order chi connectivity index (χ0) is 10.6. The topological polar surface area (TPSA) is 9.23 Å². The second-order valence-electron chi connectivity index (χ2n) is 4.97. The summed E-state index contributed by atoms with van der Waals surface area (Å²) >= 11 is 0. The first-order valence-electron chi connectivity index (χ1n) is 5.96. The van der Waals surface area contributed by atoms with Gasteiger partial charge in [0, 0.05) is 5.41 Å². The van der Waals surface area contributed by atoms with E-state index < -0.39 is 0 Å². The van der Waals surface area contributed by atoms with Crippen molar-refractivity contribution in [1.82, 2.24) is 0 Å². The van der Waals surface area contributed by atoms with Crippen molar-refractivity contribution in [3.8, 4) is 5.75 Å². The summed E-state index contributed by atoms with van der Waals surface area (Å²) in [7, 11) is 0. The fourth-order valence-electron chi connectivity index (χ4n) is 2.32. The van der Waals surface area contributed by atoms with E-state index in [1.54, 1.807) is 0 Å². The minimum absolute atomic E-state index is 0.411. The van der Waals surface area contributed by atoms with Crippen LogP contribution in [0.5, 0.6) is 5.75 Å². The van der Waals surface area contributed by atoms with Crippen molar-refractivity contribution in [3.63, 3.8) is 0 Å². The maximum atomic E-state index is 5.85. The van der Waals surface area contributed by atoms with Gasteiger partial charge in [-0.15, -0.1) is 0 Å². The zero-order valence-corrected chi connectivity index (χ0v) is 9.54. The van der Waals surface area contributed by atoms with Crippen molar-refractivity contribution < 1.29 is 4.74 Å². The number of benzene rings is 1. The van der Waals surface area contributed by atoms with Crippen molar-refractivity contribution in [2.45, 2.75) is 39.0 Å². The first-order chi connectivity index (χ1) is 7.29. The largest absolute Gasteiger partial charge is 0.493 e. The fraction of sp³-hybridized carbons (Fsp3) is 0.571. The SMILES string of the molecule is CC1(COc2ccccc2)CCCCC1. The normalized spacial score (nSPS) is 19.8. The molecule has 1 fully saturated rings. The Kier molecular flexibility index (Phi) is 3.30. The summed E-state index contributed by atoms with van der Waals surface area (Å²) in [6.07, 6.45) is 6.78. The highest BCUT2D eigenvalue weighted by Gasteiger charge is 2.27. The van der Waals surface area contributed by atoms with Crippen LogP contribution >= 0.6 is 0 Å². The molecule has 0 saturated heterocycles. The maximum Gasteiger partial charge on any atom is 0.119 e. The van der Waals surface area contributed by atoms with Gasteiger partial charge in [0.25, 0.3) is 0 Å². The molecule has 0 aliphatic heterocycles. The lowest BCUT2D eigenvalue weighted by Crippen LogP contribution is -2.27. The van der Waals surface area contributed by atoms with Crippen LogP contribution in [0.4, 0.5) is 0 Å². The van der Waals surface area contributed by atoms with Gasteiger partial charge in [0.15, 0.2) is 0 Å². The zero-order valence-electron chi connectivity index (χ0n) is 9.54. The number of rotatable bonds is 3. The molecule has 0 unspecified atom stereocenters. The molecule has 15 heavy (non-hydrogen) atoms. The number of hydrogen-bond donors (Lipinski definition) is 0. The Morgan fingerprint density at radius 3 is 2.40 bits per heavy atom. The predicted molar refractivity (Wildman–Crippen MR) is 63.1 cm³/mol. The third-order valence-corrected chi connectivity index (χ3v) is 3.39. The van der Waals surface area contributed by atoms with Gasteiger partial charge in [-0.2, -0.15) is 0 Å². The summed E-state index contributed by atoms with van der Waals surface area (Å²) in [5, 5.41) is 0. The lowest BCUT2D eigenvalue weighted by molar-refractivity contribution is 0.116. The molecule has 0 amide bonds. The molecule has 0 spiro atoms. The lowest BCUT2D eigenvalue weighted by atomic mass is 9.76. The molecule has 1 saturated carbocycles. The molecule has 0 atom stereocenters. The van der Waals surface area contributed by atoms with Crippen LogP contribution in [-0.2, 0) is 0 Å². The van der Waals surface area contributed by atoms with Crippen LogP contribution in [0, 0.1) is 5.41 Å². The smallest absolute Gasteiger partial charge is 0.119 e. The fourth-order valence-corrected chi connectivity index (χ4v) is 2.32. The first-order valence-corrected chi connectivity index (χ1v) is 5.96. The molecule has 0 radical (unpaired) electrons. The molecule has 2 rings (SSSR count). The Morgan fingerprint density at radius 2 is 1.73 bits per heavy atom. The molecule has 1 heteroatoms. The van der Waals surface area contributed by atoms with E-state index in [1.807, 2.05) is 30.3 Å². The van der Waals surface area contributed by atoms with Gasteiger partial charge in [-0.3, -0.25) is 0 Å². The number of ether oxygens (including phenoxy) is 1. The van der Waals surface area contributed by atoms with E-state index in [0.717, 1.165) is 12.4 Å². The van der Waals surface area contributed by atoms with E-state index in [0.29, 0.717) is 5.41 Å². The van der Waals surface area contributed by atoms with Crippen LogP contribution in [0.3, 0.4) is 0 Å². The summed E-state index contributed by atoms with van der Waals surface area (Å²) in [4.78, 5) is 0. The van der Waals surface area contributed by atoms with E-state index in [-0.39, 0.29) is 0 Å². The molecule has 1 aliphatic carbocycles. The van der Waals surface area contributed by atoms with Crippen LogP contribution in [0.25, 0.3) is 0 Å². The van der Waals surface area contributed by atoms with Gasteiger partial charge >= 0.3 is 0 Å². The van der Waals surface area contributed by atoms with Crippen LogP contribution in [-0.4, -0.2) is 6.61 Å². The molecule has 0 heterocycles. The van der Waals surface area contributed by atoms with Crippen molar-refractivity contribution in [3.05, 3.63) is 30.3 Å². The minimum Gasteiger partial charge on any atom is -0.493 e. The van der Waals surface area contributed by atoms with Gasteiger partial charge < -0.3 is 4.74 Å². The third kappa shape index (κ3) is 2.98. The quantitative estimate of drug-likeness (QED) is 0.722. The van der Waals surface area contributed by atoms with E-state index in [9.17, 15) is 0 Å². The average molecular weight is 204 g/mol. The van der Waals surface area contributed by atoms with E-state index in [1.165, 1.54) is 32.1 Å². The molecule has 82 valence electrons. The Labute approximate surface area is 92.5 Å². The maximum absolute atomic E-state index is 5.85. The van der Waals surface area contributed by atoms with Gasteiger partial charge in [-0.05, 0) is 25.0 Å². The summed E-state index contributed by atoms with van der Waals surface area (Å²) in [6.45, 7) is 3.23. The Balaban J connectivity index is 1.87. The van der Waals surface area contributed by atoms with Gasteiger partial charge in [0.1, 0.15) is 5.75 Å². The summed E-state index contributed by atoms with van der Waals surface area (Å²) in [5.41, 5.74) is 0.411. The van der Waals surface area contributed by atoms with Crippen molar-refractivity contribution >= 4 is 0 Å². The third-order valence-electron chi connectivity index (χ3n) is 3.39. The summed E-state index contributed by atoms with van der Waals surface area (Å²) in [6, 6.07) is 10.1. The van der Waals surface area contributed by atoms with E-state index in [2.05, 4.69) is 6.92 Å². The Morgan fingerprint density at radius 1 is 1.07 bits per heavy atom. The second kappa shape index (κ2) is 4.69. The summed E-state index contributed by atoms with van der Waals surface area (Å²) in [5.74, 6) is 1.00. The molecule has 1 nitrogen and oxygen atoms in total. The molecule has 1 aromatic rings. The van der Waals surface area contributed by atoms with Gasteiger partial charge in [0.05, 0.1) is 6.61 Å². The van der Waals surface area contributed by atoms with Crippen molar-refractivity contribution in [1.29, 1.82) is 0 Å². The Bertz CT molecular complexity index is 285. The molecule has 0 N–H and O–H groups in total. The Hall–Kier alpha value is -0.980. The lowest BCUT2D eigenvalue weighted by Gasteiger charge is -2.33. The second-order valence-corrected chi connectivity index (χ2v) is 4.97. The van der Waals surface area contributed by atoms with Crippen LogP contribution in [0.2, 0.25) is 0 Å². The van der Waals surface area contributed by atoms with Crippen LogP contribution in [0.15, 0.2) is 30.3 Å². The molecular formula is C14H20O. The number of para-hydroxylation sites is 1. The van der Waals surface area contributed by atoms with E-state index >= 15 is 0 Å². The van der Waals surface area contributed by atoms with Crippen molar-refractivity contribution in [2.24, 2.45) is 5.41 Å².